The van der Waals surface area contributed by atoms with Gasteiger partial charge in [-0.3, -0.25) is 14.5 Å². The molecule has 29 heavy (non-hydrogen) atoms. The van der Waals surface area contributed by atoms with Gasteiger partial charge in [0.15, 0.2) is 0 Å². The first kappa shape index (κ1) is 20.7. The van der Waals surface area contributed by atoms with Gasteiger partial charge >= 0.3 is 6.03 Å². The van der Waals surface area contributed by atoms with E-state index in [9.17, 15) is 14.4 Å². The van der Waals surface area contributed by atoms with Crippen molar-refractivity contribution in [3.8, 4) is 5.75 Å². The number of ether oxygens (including phenoxy) is 1. The van der Waals surface area contributed by atoms with E-state index in [4.69, 9.17) is 16.3 Å². The van der Waals surface area contributed by atoms with Gasteiger partial charge in [0, 0.05) is 5.02 Å². The number of imide groups is 1. The molecule has 1 aliphatic heterocycles. The maximum atomic E-state index is 13.1. The number of aryl methyl sites for hydroxylation is 1. The van der Waals surface area contributed by atoms with Crippen LogP contribution >= 0.6 is 11.6 Å². The van der Waals surface area contributed by atoms with Crippen molar-refractivity contribution in [3.63, 3.8) is 0 Å². The average Bonchev–Trinajstić information content (AvgIpc) is 2.94. The zero-order chi connectivity index (χ0) is 21.2. The monoisotopic (exact) mass is 415 g/mol. The first-order chi connectivity index (χ1) is 13.8. The van der Waals surface area contributed by atoms with Gasteiger partial charge < -0.3 is 15.4 Å². The lowest BCUT2D eigenvalue weighted by Crippen LogP contribution is -2.44. The Morgan fingerprint density at radius 1 is 1.21 bits per heavy atom. The molecule has 1 atom stereocenters. The molecule has 1 aliphatic rings. The van der Waals surface area contributed by atoms with Crippen LogP contribution in [0.25, 0.3) is 0 Å². The average molecular weight is 416 g/mol. The van der Waals surface area contributed by atoms with Crippen LogP contribution in [0.1, 0.15) is 24.5 Å². The Labute approximate surface area is 174 Å². The number of nitrogens with one attached hydrogen (secondary N) is 2. The molecule has 2 aromatic rings. The molecule has 152 valence electrons. The molecule has 2 aromatic carbocycles. The van der Waals surface area contributed by atoms with Crippen LogP contribution < -0.4 is 15.4 Å². The standard InChI is InChI=1S/C21H22ClN3O4/c1-4-21(14-6-8-15(22)9-7-14)19(27)25(20(28)24-21)12-18(26)23-16-11-13(2)5-10-17(16)29-3/h5-11H,4,12H2,1-3H3,(H,23,26)(H,24,28)/t21-/m1/s1. The summed E-state index contributed by atoms with van der Waals surface area (Å²) < 4.78 is 5.25. The molecule has 2 N–H and O–H groups in total. The Morgan fingerprint density at radius 2 is 1.90 bits per heavy atom. The van der Waals surface area contributed by atoms with Crippen LogP contribution in [0.5, 0.6) is 5.75 Å². The van der Waals surface area contributed by atoms with Crippen molar-refractivity contribution in [2.75, 3.05) is 19.0 Å². The van der Waals surface area contributed by atoms with Gasteiger partial charge in [-0.25, -0.2) is 4.79 Å². The molecule has 0 saturated carbocycles. The van der Waals surface area contributed by atoms with E-state index in [-0.39, 0.29) is 0 Å². The van der Waals surface area contributed by atoms with Crippen LogP contribution in [0.4, 0.5) is 10.5 Å². The van der Waals surface area contributed by atoms with Crippen LogP contribution in [0.15, 0.2) is 42.5 Å². The lowest BCUT2D eigenvalue weighted by Gasteiger charge is -2.25. The van der Waals surface area contributed by atoms with E-state index in [0.717, 1.165) is 10.5 Å². The number of anilines is 1. The third-order valence-corrected chi connectivity index (χ3v) is 5.23. The number of hydrogen-bond donors (Lipinski definition) is 2. The number of amides is 4. The topological polar surface area (TPSA) is 87.7 Å². The van der Waals surface area contributed by atoms with Gasteiger partial charge in [-0.2, -0.15) is 0 Å². The number of rotatable bonds is 6. The van der Waals surface area contributed by atoms with Crippen LogP contribution in [0.3, 0.4) is 0 Å². The molecule has 0 bridgehead atoms. The van der Waals surface area contributed by atoms with Crippen LogP contribution in [0, 0.1) is 6.92 Å². The van der Waals surface area contributed by atoms with E-state index in [0.29, 0.717) is 28.4 Å². The number of hydrogen-bond acceptors (Lipinski definition) is 4. The minimum absolute atomic E-state index is 0.336. The van der Waals surface area contributed by atoms with Gasteiger partial charge in [-0.1, -0.05) is 36.7 Å². The summed E-state index contributed by atoms with van der Waals surface area (Å²) in [6, 6.07) is 11.5. The fraction of sp³-hybridized carbons (Fsp3) is 0.286. The minimum atomic E-state index is -1.22. The predicted octanol–water partition coefficient (Wildman–Crippen LogP) is 3.45. The highest BCUT2D eigenvalue weighted by Gasteiger charge is 2.51. The molecule has 0 unspecified atom stereocenters. The molecule has 1 saturated heterocycles. The predicted molar refractivity (Wildman–Crippen MR) is 110 cm³/mol. The molecule has 1 heterocycles. The fourth-order valence-corrected chi connectivity index (χ4v) is 3.52. The van der Waals surface area contributed by atoms with Gasteiger partial charge in [0.25, 0.3) is 5.91 Å². The van der Waals surface area contributed by atoms with Crippen LogP contribution in [0.2, 0.25) is 5.02 Å². The zero-order valence-corrected chi connectivity index (χ0v) is 17.2. The third-order valence-electron chi connectivity index (χ3n) is 4.97. The summed E-state index contributed by atoms with van der Waals surface area (Å²) in [5, 5.41) is 5.98. The largest absolute Gasteiger partial charge is 0.495 e. The van der Waals surface area contributed by atoms with Crippen molar-refractivity contribution in [3.05, 3.63) is 58.6 Å². The van der Waals surface area contributed by atoms with Gasteiger partial charge in [0.2, 0.25) is 5.91 Å². The normalized spacial score (nSPS) is 18.6. The molecular formula is C21H22ClN3O4. The van der Waals surface area contributed by atoms with Crippen molar-refractivity contribution in [1.29, 1.82) is 0 Å². The van der Waals surface area contributed by atoms with Gasteiger partial charge in [-0.05, 0) is 48.7 Å². The number of urea groups is 1. The van der Waals surface area contributed by atoms with Crippen LogP contribution in [-0.2, 0) is 15.1 Å². The van der Waals surface area contributed by atoms with Gasteiger partial charge in [-0.15, -0.1) is 0 Å². The molecule has 1 fully saturated rings. The Hall–Kier alpha value is -3.06. The maximum Gasteiger partial charge on any atom is 0.325 e. The van der Waals surface area contributed by atoms with Crippen molar-refractivity contribution in [2.45, 2.75) is 25.8 Å². The second kappa shape index (κ2) is 8.13. The molecule has 0 spiro atoms. The first-order valence-electron chi connectivity index (χ1n) is 9.15. The molecule has 8 heteroatoms. The number of methoxy groups -OCH3 is 1. The smallest absolute Gasteiger partial charge is 0.325 e. The van der Waals surface area contributed by atoms with E-state index in [2.05, 4.69) is 10.6 Å². The fourth-order valence-electron chi connectivity index (χ4n) is 3.40. The minimum Gasteiger partial charge on any atom is -0.495 e. The number of carbonyl (C=O) groups excluding carboxylic acids is 3. The number of carbonyl (C=O) groups is 3. The lowest BCUT2D eigenvalue weighted by molar-refractivity contribution is -0.134. The van der Waals surface area contributed by atoms with E-state index >= 15 is 0 Å². The second-order valence-electron chi connectivity index (χ2n) is 6.84. The Kier molecular flexibility index (Phi) is 5.79. The van der Waals surface area contributed by atoms with Crippen molar-refractivity contribution in [1.82, 2.24) is 10.2 Å². The summed E-state index contributed by atoms with van der Waals surface area (Å²) in [5.41, 5.74) is 0.807. The first-order valence-corrected chi connectivity index (χ1v) is 9.53. The summed E-state index contributed by atoms with van der Waals surface area (Å²) in [5.74, 6) is -0.482. The SMILES string of the molecule is CC[C@]1(c2ccc(Cl)cc2)NC(=O)N(CC(=O)Nc2cc(C)ccc2OC)C1=O. The molecule has 0 radical (unpaired) electrons. The Balaban J connectivity index is 1.80. The van der Waals surface area contributed by atoms with E-state index in [1.54, 1.807) is 43.3 Å². The van der Waals surface area contributed by atoms with Gasteiger partial charge in [0.05, 0.1) is 12.8 Å². The highest BCUT2D eigenvalue weighted by atomic mass is 35.5. The summed E-state index contributed by atoms with van der Waals surface area (Å²) in [6.45, 7) is 3.28. The summed E-state index contributed by atoms with van der Waals surface area (Å²) in [6.07, 6.45) is 0.336. The van der Waals surface area contributed by atoms with Crippen LogP contribution in [-0.4, -0.2) is 36.4 Å². The quantitative estimate of drug-likeness (QED) is 0.707. The summed E-state index contributed by atoms with van der Waals surface area (Å²) >= 11 is 5.94. The van der Waals surface area contributed by atoms with E-state index in [1.165, 1.54) is 7.11 Å². The molecule has 3 rings (SSSR count). The Bertz CT molecular complexity index is 961. The number of benzene rings is 2. The Morgan fingerprint density at radius 3 is 2.52 bits per heavy atom. The van der Waals surface area contributed by atoms with Crippen molar-refractivity contribution < 1.29 is 19.1 Å². The number of nitrogens with zero attached hydrogens (tertiary/aromatic N) is 1. The molecule has 0 aromatic heterocycles. The molecule has 4 amide bonds. The highest BCUT2D eigenvalue weighted by molar-refractivity contribution is 6.30. The summed E-state index contributed by atoms with van der Waals surface area (Å²) in [4.78, 5) is 39.1. The molecular weight excluding hydrogens is 394 g/mol. The molecule has 7 nitrogen and oxygen atoms in total. The third kappa shape index (κ3) is 3.91. The number of halogens is 1. The summed E-state index contributed by atoms with van der Waals surface area (Å²) in [7, 11) is 1.50. The van der Waals surface area contributed by atoms with E-state index in [1.807, 2.05) is 13.0 Å². The second-order valence-corrected chi connectivity index (χ2v) is 7.28. The van der Waals surface area contributed by atoms with Crippen molar-refractivity contribution in [2.24, 2.45) is 0 Å². The molecule has 0 aliphatic carbocycles. The zero-order valence-electron chi connectivity index (χ0n) is 16.4. The highest BCUT2D eigenvalue weighted by Crippen LogP contribution is 2.33. The van der Waals surface area contributed by atoms with Gasteiger partial charge in [0.1, 0.15) is 17.8 Å². The lowest BCUT2D eigenvalue weighted by atomic mass is 9.87. The maximum absolute atomic E-state index is 13.1. The van der Waals surface area contributed by atoms with E-state index < -0.39 is 29.9 Å². The van der Waals surface area contributed by atoms with Crippen molar-refractivity contribution >= 4 is 35.1 Å².